The van der Waals surface area contributed by atoms with Crippen LogP contribution in [0.3, 0.4) is 0 Å². The van der Waals surface area contributed by atoms with Crippen molar-refractivity contribution in [3.05, 3.63) is 17.0 Å². The minimum Gasteiger partial charge on any atom is -0.351 e. The lowest BCUT2D eigenvalue weighted by Gasteiger charge is -2.32. The highest BCUT2D eigenvalue weighted by atomic mass is 19.4. The van der Waals surface area contributed by atoms with E-state index in [0.29, 0.717) is 31.2 Å². The highest BCUT2D eigenvalue weighted by Gasteiger charge is 2.32. The number of amides is 1. The third-order valence-electron chi connectivity index (χ3n) is 4.97. The number of nitrogens with one attached hydrogen (secondary N) is 2. The number of aromatic amines is 1. The van der Waals surface area contributed by atoms with Crippen molar-refractivity contribution in [2.75, 3.05) is 26.2 Å². The normalized spacial score (nSPS) is 19.5. The minimum absolute atomic E-state index is 0.149. The number of hydrogen-bond donors (Lipinski definition) is 2. The largest absolute Gasteiger partial charge is 0.401 e. The van der Waals surface area contributed by atoms with Crippen molar-refractivity contribution in [1.29, 1.82) is 0 Å². The molecule has 0 unspecified atom stereocenters. The third-order valence-corrected chi connectivity index (χ3v) is 4.97. The second kappa shape index (κ2) is 7.13. The van der Waals surface area contributed by atoms with E-state index in [1.165, 1.54) is 4.90 Å². The van der Waals surface area contributed by atoms with Crippen LogP contribution in [0.1, 0.15) is 47.4 Å². The molecule has 8 heteroatoms. The van der Waals surface area contributed by atoms with Crippen LogP contribution in [0.25, 0.3) is 0 Å². The van der Waals surface area contributed by atoms with Gasteiger partial charge in [0.1, 0.15) is 0 Å². The van der Waals surface area contributed by atoms with Crippen molar-refractivity contribution >= 4 is 5.91 Å². The maximum atomic E-state index is 12.4. The van der Waals surface area contributed by atoms with Crippen LogP contribution < -0.4 is 5.32 Å². The minimum atomic E-state index is -4.12. The number of likely N-dealkylation sites (tertiary alicyclic amines) is 1. The molecule has 0 saturated carbocycles. The predicted octanol–water partition coefficient (Wildman–Crippen LogP) is 2.29. The van der Waals surface area contributed by atoms with Gasteiger partial charge >= 0.3 is 6.18 Å². The Morgan fingerprint density at radius 1 is 1.29 bits per heavy atom. The zero-order chi connectivity index (χ0) is 17.2. The van der Waals surface area contributed by atoms with E-state index in [2.05, 4.69) is 15.5 Å². The topological polar surface area (TPSA) is 61.0 Å². The molecule has 1 aliphatic carbocycles. The summed E-state index contributed by atoms with van der Waals surface area (Å²) in [5.41, 5.74) is 2.60. The summed E-state index contributed by atoms with van der Waals surface area (Å²) in [6, 6.07) is 0. The van der Waals surface area contributed by atoms with Crippen LogP contribution in [-0.2, 0) is 12.8 Å². The molecule has 1 aromatic rings. The van der Waals surface area contributed by atoms with E-state index in [0.717, 1.165) is 49.8 Å². The van der Waals surface area contributed by atoms with Crippen molar-refractivity contribution in [3.8, 4) is 0 Å². The molecule has 0 bridgehead atoms. The predicted molar refractivity (Wildman–Crippen MR) is 82.8 cm³/mol. The van der Waals surface area contributed by atoms with Crippen LogP contribution in [-0.4, -0.2) is 53.4 Å². The van der Waals surface area contributed by atoms with Crippen LogP contribution in [0.4, 0.5) is 13.2 Å². The van der Waals surface area contributed by atoms with Gasteiger partial charge in [-0.15, -0.1) is 0 Å². The van der Waals surface area contributed by atoms with Crippen molar-refractivity contribution < 1.29 is 18.0 Å². The molecule has 24 heavy (non-hydrogen) atoms. The number of carbonyl (C=O) groups excluding carboxylic acids is 1. The van der Waals surface area contributed by atoms with Crippen LogP contribution in [0.5, 0.6) is 0 Å². The maximum absolute atomic E-state index is 12.4. The van der Waals surface area contributed by atoms with E-state index in [1.807, 2.05) is 0 Å². The zero-order valence-electron chi connectivity index (χ0n) is 13.6. The number of hydrogen-bond acceptors (Lipinski definition) is 3. The Balaban J connectivity index is 1.37. The van der Waals surface area contributed by atoms with Gasteiger partial charge in [0.2, 0.25) is 0 Å². The summed E-state index contributed by atoms with van der Waals surface area (Å²) in [6.07, 6.45) is 1.09. The highest BCUT2D eigenvalue weighted by Crippen LogP contribution is 2.25. The lowest BCUT2D eigenvalue weighted by Crippen LogP contribution is -2.40. The molecule has 2 heterocycles. The maximum Gasteiger partial charge on any atom is 0.401 e. The molecule has 2 N–H and O–H groups in total. The fraction of sp³-hybridized carbons (Fsp3) is 0.750. The quantitative estimate of drug-likeness (QED) is 0.862. The number of carbonyl (C=O) groups is 1. The fourth-order valence-electron chi connectivity index (χ4n) is 3.67. The number of aryl methyl sites for hydroxylation is 1. The lowest BCUT2D eigenvalue weighted by molar-refractivity contribution is -0.148. The Hall–Kier alpha value is -1.57. The van der Waals surface area contributed by atoms with Crippen LogP contribution in [0.15, 0.2) is 0 Å². The standard InChI is InChI=1S/C16H23F3N4O/c17-16(18,19)10-23-8-5-11(6-9-23)4-7-20-15(24)14-12-2-1-3-13(12)21-22-14/h11H,1-10H2,(H,20,24)(H,21,22). The Morgan fingerprint density at radius 2 is 2.04 bits per heavy atom. The molecule has 1 aromatic heterocycles. The van der Waals surface area contributed by atoms with Gasteiger partial charge in [0.05, 0.1) is 6.54 Å². The fourth-order valence-corrected chi connectivity index (χ4v) is 3.67. The SMILES string of the molecule is O=C(NCCC1CCN(CC(F)(F)F)CC1)c1n[nH]c2c1CCC2. The molecule has 0 atom stereocenters. The number of H-pyrrole nitrogens is 1. The zero-order valence-corrected chi connectivity index (χ0v) is 13.6. The average Bonchev–Trinajstić information content (AvgIpc) is 3.10. The number of nitrogens with zero attached hydrogens (tertiary/aromatic N) is 2. The summed E-state index contributed by atoms with van der Waals surface area (Å²) in [5, 5.41) is 9.92. The molecule has 5 nitrogen and oxygen atoms in total. The molecule has 3 rings (SSSR count). The Bertz CT molecular complexity index is 576. The van der Waals surface area contributed by atoms with Gasteiger partial charge < -0.3 is 5.32 Å². The van der Waals surface area contributed by atoms with E-state index in [1.54, 1.807) is 0 Å². The molecule has 1 aliphatic heterocycles. The second-order valence-corrected chi connectivity index (χ2v) is 6.76. The van der Waals surface area contributed by atoms with Gasteiger partial charge in [0.25, 0.3) is 5.91 Å². The van der Waals surface area contributed by atoms with E-state index in [9.17, 15) is 18.0 Å². The van der Waals surface area contributed by atoms with Crippen LogP contribution in [0.2, 0.25) is 0 Å². The van der Waals surface area contributed by atoms with E-state index in [-0.39, 0.29) is 5.91 Å². The molecule has 0 spiro atoms. The summed E-state index contributed by atoms with van der Waals surface area (Å²) >= 11 is 0. The van der Waals surface area contributed by atoms with Crippen molar-refractivity contribution in [3.63, 3.8) is 0 Å². The average molecular weight is 344 g/mol. The smallest absolute Gasteiger partial charge is 0.351 e. The number of alkyl halides is 3. The second-order valence-electron chi connectivity index (χ2n) is 6.76. The summed E-state index contributed by atoms with van der Waals surface area (Å²) < 4.78 is 37.1. The number of halogens is 3. The van der Waals surface area contributed by atoms with Gasteiger partial charge in [-0.25, -0.2) is 0 Å². The first-order valence-corrected chi connectivity index (χ1v) is 8.56. The molecular weight excluding hydrogens is 321 g/mol. The van der Waals surface area contributed by atoms with Crippen LogP contribution >= 0.6 is 0 Å². The molecule has 1 fully saturated rings. The number of fused-ring (bicyclic) bond motifs is 1. The summed E-state index contributed by atoms with van der Waals surface area (Å²) in [6.45, 7) is 0.682. The van der Waals surface area contributed by atoms with Gasteiger partial charge in [-0.05, 0) is 57.5 Å². The van der Waals surface area contributed by atoms with Crippen LogP contribution in [0, 0.1) is 5.92 Å². The molecular formula is C16H23F3N4O. The van der Waals surface area contributed by atoms with Crippen molar-refractivity contribution in [1.82, 2.24) is 20.4 Å². The highest BCUT2D eigenvalue weighted by molar-refractivity contribution is 5.94. The van der Waals surface area contributed by atoms with Crippen molar-refractivity contribution in [2.45, 2.75) is 44.7 Å². The van der Waals surface area contributed by atoms with E-state index in [4.69, 9.17) is 0 Å². The molecule has 1 saturated heterocycles. The lowest BCUT2D eigenvalue weighted by atomic mass is 9.93. The van der Waals surface area contributed by atoms with Gasteiger partial charge in [0, 0.05) is 17.8 Å². The van der Waals surface area contributed by atoms with Gasteiger partial charge in [-0.3, -0.25) is 14.8 Å². The molecule has 0 aromatic carbocycles. The van der Waals surface area contributed by atoms with Gasteiger partial charge in [-0.1, -0.05) is 0 Å². The third kappa shape index (κ3) is 4.28. The first-order valence-electron chi connectivity index (χ1n) is 8.56. The van der Waals surface area contributed by atoms with Gasteiger partial charge in [-0.2, -0.15) is 18.3 Å². The summed E-state index contributed by atoms with van der Waals surface area (Å²) in [7, 11) is 0. The van der Waals surface area contributed by atoms with E-state index < -0.39 is 12.7 Å². The molecule has 0 radical (unpaired) electrons. The van der Waals surface area contributed by atoms with E-state index >= 15 is 0 Å². The van der Waals surface area contributed by atoms with Gasteiger partial charge in [0.15, 0.2) is 5.69 Å². The number of piperidine rings is 1. The first-order chi connectivity index (χ1) is 11.4. The molecule has 1 amide bonds. The van der Waals surface area contributed by atoms with Crippen molar-refractivity contribution in [2.24, 2.45) is 5.92 Å². The first kappa shape index (κ1) is 17.3. The Morgan fingerprint density at radius 3 is 2.75 bits per heavy atom. The Labute approximate surface area is 139 Å². The molecule has 134 valence electrons. The Kier molecular flexibility index (Phi) is 5.12. The number of rotatable bonds is 5. The number of aromatic nitrogens is 2. The monoisotopic (exact) mass is 344 g/mol. The summed E-state index contributed by atoms with van der Waals surface area (Å²) in [4.78, 5) is 13.6. The summed E-state index contributed by atoms with van der Waals surface area (Å²) in [5.74, 6) is 0.226. The molecule has 2 aliphatic rings.